The van der Waals surface area contributed by atoms with Gasteiger partial charge in [-0.3, -0.25) is 0 Å². The SMILES string of the molecule is CC(C)C1=CC[C@@H]2C[C@H]1C2(C)C. The normalized spacial score (nSPS) is 37.6. The van der Waals surface area contributed by atoms with Crippen LogP contribution in [0.5, 0.6) is 0 Å². The second kappa shape index (κ2) is 2.37. The zero-order valence-electron chi connectivity index (χ0n) is 8.72. The van der Waals surface area contributed by atoms with E-state index in [2.05, 4.69) is 33.8 Å². The molecular formula is C12H20. The van der Waals surface area contributed by atoms with Gasteiger partial charge in [0.25, 0.3) is 0 Å². The number of hydrogen-bond acceptors (Lipinski definition) is 0. The molecule has 0 aliphatic heterocycles. The third-order valence-electron chi connectivity index (χ3n) is 4.18. The Morgan fingerprint density at radius 3 is 2.42 bits per heavy atom. The van der Waals surface area contributed by atoms with Crippen molar-refractivity contribution in [1.82, 2.24) is 0 Å². The fraction of sp³-hybridized carbons (Fsp3) is 0.833. The predicted molar refractivity (Wildman–Crippen MR) is 52.9 cm³/mol. The van der Waals surface area contributed by atoms with Crippen molar-refractivity contribution in [3.05, 3.63) is 11.6 Å². The third kappa shape index (κ3) is 0.901. The van der Waals surface area contributed by atoms with Crippen LogP contribution in [0.4, 0.5) is 0 Å². The van der Waals surface area contributed by atoms with Crippen molar-refractivity contribution in [3.63, 3.8) is 0 Å². The summed E-state index contributed by atoms with van der Waals surface area (Å²) in [4.78, 5) is 0. The van der Waals surface area contributed by atoms with Gasteiger partial charge in [0.05, 0.1) is 0 Å². The smallest absolute Gasteiger partial charge is 0.0144 e. The first-order valence-electron chi connectivity index (χ1n) is 5.23. The minimum atomic E-state index is 0.619. The summed E-state index contributed by atoms with van der Waals surface area (Å²) in [6, 6.07) is 0. The van der Waals surface area contributed by atoms with Gasteiger partial charge in [0.1, 0.15) is 0 Å². The largest absolute Gasteiger partial charge is 0.0845 e. The molecule has 2 atom stereocenters. The zero-order valence-corrected chi connectivity index (χ0v) is 8.72. The molecule has 1 saturated carbocycles. The molecule has 2 bridgehead atoms. The summed E-state index contributed by atoms with van der Waals surface area (Å²) in [5, 5.41) is 0. The fourth-order valence-electron chi connectivity index (χ4n) is 3.04. The molecule has 0 aromatic rings. The first kappa shape index (κ1) is 8.34. The summed E-state index contributed by atoms with van der Waals surface area (Å²) < 4.78 is 0. The van der Waals surface area contributed by atoms with Crippen molar-refractivity contribution in [1.29, 1.82) is 0 Å². The Balaban J connectivity index is 2.24. The highest BCUT2D eigenvalue weighted by atomic mass is 14.6. The van der Waals surface area contributed by atoms with Gasteiger partial charge >= 0.3 is 0 Å². The van der Waals surface area contributed by atoms with Crippen molar-refractivity contribution in [2.45, 2.75) is 40.5 Å². The van der Waals surface area contributed by atoms with Gasteiger partial charge < -0.3 is 0 Å². The maximum atomic E-state index is 2.51. The van der Waals surface area contributed by atoms with Gasteiger partial charge in [-0.2, -0.15) is 0 Å². The predicted octanol–water partition coefficient (Wildman–Crippen LogP) is 3.63. The van der Waals surface area contributed by atoms with Crippen LogP contribution in [0, 0.1) is 23.2 Å². The lowest BCUT2D eigenvalue weighted by atomic mass is 9.48. The number of fused-ring (bicyclic) bond motifs is 1. The Morgan fingerprint density at radius 1 is 1.42 bits per heavy atom. The minimum Gasteiger partial charge on any atom is -0.0845 e. The van der Waals surface area contributed by atoms with Crippen LogP contribution in [0.1, 0.15) is 40.5 Å². The monoisotopic (exact) mass is 164 g/mol. The van der Waals surface area contributed by atoms with Gasteiger partial charge in [0, 0.05) is 0 Å². The highest BCUT2D eigenvalue weighted by molar-refractivity contribution is 5.24. The molecule has 0 N–H and O–H groups in total. The molecule has 0 nitrogen and oxygen atoms in total. The van der Waals surface area contributed by atoms with E-state index >= 15 is 0 Å². The molecule has 0 unspecified atom stereocenters. The Labute approximate surface area is 76.1 Å². The van der Waals surface area contributed by atoms with Gasteiger partial charge in [0.2, 0.25) is 0 Å². The molecule has 0 amide bonds. The van der Waals surface area contributed by atoms with Crippen molar-refractivity contribution in [2.24, 2.45) is 23.2 Å². The molecule has 0 aromatic heterocycles. The van der Waals surface area contributed by atoms with Gasteiger partial charge in [-0.1, -0.05) is 39.3 Å². The van der Waals surface area contributed by atoms with E-state index in [1.54, 1.807) is 5.57 Å². The van der Waals surface area contributed by atoms with Crippen molar-refractivity contribution in [3.8, 4) is 0 Å². The lowest BCUT2D eigenvalue weighted by molar-refractivity contribution is -0.0116. The molecule has 0 spiro atoms. The molecule has 12 heavy (non-hydrogen) atoms. The zero-order chi connectivity index (χ0) is 8.93. The van der Waals surface area contributed by atoms with Crippen LogP contribution in [-0.4, -0.2) is 0 Å². The highest BCUT2D eigenvalue weighted by Gasteiger charge is 2.51. The Kier molecular flexibility index (Phi) is 1.65. The molecule has 1 fully saturated rings. The lowest BCUT2D eigenvalue weighted by Gasteiger charge is -2.57. The topological polar surface area (TPSA) is 0 Å². The van der Waals surface area contributed by atoms with Crippen LogP contribution in [0.15, 0.2) is 11.6 Å². The van der Waals surface area contributed by atoms with Crippen LogP contribution in [0.2, 0.25) is 0 Å². The summed E-state index contributed by atoms with van der Waals surface area (Å²) in [5.74, 6) is 2.68. The second-order valence-corrected chi connectivity index (χ2v) is 5.40. The fourth-order valence-corrected chi connectivity index (χ4v) is 3.04. The molecule has 68 valence electrons. The van der Waals surface area contributed by atoms with Crippen molar-refractivity contribution < 1.29 is 0 Å². The third-order valence-corrected chi connectivity index (χ3v) is 4.18. The van der Waals surface area contributed by atoms with Crippen LogP contribution < -0.4 is 0 Å². The van der Waals surface area contributed by atoms with E-state index in [0.29, 0.717) is 5.41 Å². The van der Waals surface area contributed by atoms with E-state index in [-0.39, 0.29) is 0 Å². The van der Waals surface area contributed by atoms with E-state index in [9.17, 15) is 0 Å². The van der Waals surface area contributed by atoms with Crippen LogP contribution in [-0.2, 0) is 0 Å². The number of hydrogen-bond donors (Lipinski definition) is 0. The Bertz CT molecular complexity index is 220. The second-order valence-electron chi connectivity index (χ2n) is 5.40. The first-order chi connectivity index (χ1) is 5.53. The molecule has 3 aliphatic carbocycles. The summed E-state index contributed by atoms with van der Waals surface area (Å²) in [5.41, 5.74) is 2.36. The Morgan fingerprint density at radius 2 is 2.08 bits per heavy atom. The molecule has 0 heteroatoms. The molecule has 0 saturated heterocycles. The minimum absolute atomic E-state index is 0.619. The average molecular weight is 164 g/mol. The Hall–Kier alpha value is -0.260. The standard InChI is InChI=1S/C12H20/c1-8(2)10-6-5-9-7-11(10)12(9,3)4/h6,8-9,11H,5,7H2,1-4H3/t9-,11-/m1/s1. The quantitative estimate of drug-likeness (QED) is 0.519. The van der Waals surface area contributed by atoms with Crippen molar-refractivity contribution >= 4 is 0 Å². The van der Waals surface area contributed by atoms with Gasteiger partial charge in [-0.15, -0.1) is 0 Å². The average Bonchev–Trinajstić information content (AvgIpc) is 2.04. The molecule has 3 aliphatic rings. The van der Waals surface area contributed by atoms with Crippen molar-refractivity contribution in [2.75, 3.05) is 0 Å². The molecule has 0 aromatic carbocycles. The summed E-state index contributed by atoms with van der Waals surface area (Å²) >= 11 is 0. The summed E-state index contributed by atoms with van der Waals surface area (Å²) in [6.07, 6.45) is 5.32. The van der Waals surface area contributed by atoms with E-state index in [0.717, 1.165) is 17.8 Å². The summed E-state index contributed by atoms with van der Waals surface area (Å²) in [7, 11) is 0. The van der Waals surface area contributed by atoms with Crippen LogP contribution in [0.25, 0.3) is 0 Å². The maximum absolute atomic E-state index is 2.51. The lowest BCUT2D eigenvalue weighted by Crippen LogP contribution is -2.48. The molecule has 0 radical (unpaired) electrons. The number of allylic oxidation sites excluding steroid dienone is 2. The van der Waals surface area contributed by atoms with Crippen LogP contribution >= 0.6 is 0 Å². The van der Waals surface area contributed by atoms with E-state index in [4.69, 9.17) is 0 Å². The van der Waals surface area contributed by atoms with Gasteiger partial charge in [-0.25, -0.2) is 0 Å². The molecular weight excluding hydrogens is 144 g/mol. The first-order valence-corrected chi connectivity index (χ1v) is 5.23. The van der Waals surface area contributed by atoms with E-state index in [1.807, 2.05) is 0 Å². The molecule has 3 rings (SSSR count). The van der Waals surface area contributed by atoms with E-state index in [1.165, 1.54) is 12.8 Å². The number of rotatable bonds is 1. The highest BCUT2D eigenvalue weighted by Crippen LogP contribution is 2.60. The van der Waals surface area contributed by atoms with E-state index < -0.39 is 0 Å². The maximum Gasteiger partial charge on any atom is -0.0144 e. The van der Waals surface area contributed by atoms with Gasteiger partial charge in [0.15, 0.2) is 0 Å². The van der Waals surface area contributed by atoms with Crippen LogP contribution in [0.3, 0.4) is 0 Å². The summed E-state index contributed by atoms with van der Waals surface area (Å²) in [6.45, 7) is 9.56. The molecule has 0 heterocycles. The van der Waals surface area contributed by atoms with Gasteiger partial charge in [-0.05, 0) is 36.0 Å².